The quantitative estimate of drug-likeness (QED) is 0.846. The molecule has 90 valence electrons. The van der Waals surface area contributed by atoms with Crippen molar-refractivity contribution < 1.29 is 13.2 Å². The van der Waals surface area contributed by atoms with Gasteiger partial charge in [-0.3, -0.25) is 0 Å². The molecule has 0 bridgehead atoms. The highest BCUT2D eigenvalue weighted by Crippen LogP contribution is 2.22. The van der Waals surface area contributed by atoms with E-state index in [4.69, 9.17) is 5.73 Å². The van der Waals surface area contributed by atoms with Gasteiger partial charge in [0.1, 0.15) is 0 Å². The summed E-state index contributed by atoms with van der Waals surface area (Å²) < 4.78 is 36.1. The SMILES string of the molecule is CCc1ccc(CC(N)CC(F)(F)F)cc1. The molecule has 0 saturated carbocycles. The fraction of sp³-hybridized carbons (Fsp3) is 0.500. The summed E-state index contributed by atoms with van der Waals surface area (Å²) in [6.07, 6.45) is -3.91. The van der Waals surface area contributed by atoms with Crippen molar-refractivity contribution in [2.45, 2.75) is 38.4 Å². The molecule has 2 N–H and O–H groups in total. The summed E-state index contributed by atoms with van der Waals surface area (Å²) >= 11 is 0. The fourth-order valence-corrected chi connectivity index (χ4v) is 1.58. The number of nitrogens with two attached hydrogens (primary N) is 1. The van der Waals surface area contributed by atoms with Crippen LogP contribution in [-0.2, 0) is 12.8 Å². The van der Waals surface area contributed by atoms with Crippen molar-refractivity contribution in [2.75, 3.05) is 0 Å². The Hall–Kier alpha value is -1.03. The van der Waals surface area contributed by atoms with Gasteiger partial charge in [0, 0.05) is 6.04 Å². The number of hydrogen-bond acceptors (Lipinski definition) is 1. The molecule has 1 aromatic rings. The minimum Gasteiger partial charge on any atom is -0.327 e. The average molecular weight is 231 g/mol. The van der Waals surface area contributed by atoms with Gasteiger partial charge in [0.15, 0.2) is 0 Å². The van der Waals surface area contributed by atoms with E-state index in [1.54, 1.807) is 0 Å². The Balaban J connectivity index is 2.53. The first kappa shape index (κ1) is 13.0. The summed E-state index contributed by atoms with van der Waals surface area (Å²) in [5, 5.41) is 0. The molecule has 0 radical (unpaired) electrons. The lowest BCUT2D eigenvalue weighted by molar-refractivity contribution is -0.138. The standard InChI is InChI=1S/C12H16F3N/c1-2-9-3-5-10(6-4-9)7-11(16)8-12(13,14)15/h3-6,11H,2,7-8,16H2,1H3. The van der Waals surface area contributed by atoms with E-state index in [1.807, 2.05) is 31.2 Å². The second kappa shape index (κ2) is 5.34. The first-order valence-electron chi connectivity index (χ1n) is 5.31. The second-order valence-corrected chi connectivity index (χ2v) is 3.95. The minimum absolute atomic E-state index is 0.267. The first-order chi connectivity index (χ1) is 7.40. The zero-order valence-corrected chi connectivity index (χ0v) is 9.22. The number of aryl methyl sites for hydroxylation is 1. The lowest BCUT2D eigenvalue weighted by Crippen LogP contribution is -2.29. The average Bonchev–Trinajstić information content (AvgIpc) is 2.16. The highest BCUT2D eigenvalue weighted by molar-refractivity contribution is 5.23. The van der Waals surface area contributed by atoms with E-state index in [0.717, 1.165) is 12.0 Å². The zero-order chi connectivity index (χ0) is 12.2. The van der Waals surface area contributed by atoms with Crippen molar-refractivity contribution in [3.8, 4) is 0 Å². The van der Waals surface area contributed by atoms with Crippen LogP contribution in [0.4, 0.5) is 13.2 Å². The normalized spacial score (nSPS) is 13.8. The number of alkyl halides is 3. The van der Waals surface area contributed by atoms with Crippen LogP contribution in [-0.4, -0.2) is 12.2 Å². The van der Waals surface area contributed by atoms with Crippen molar-refractivity contribution in [2.24, 2.45) is 5.73 Å². The molecule has 16 heavy (non-hydrogen) atoms. The third kappa shape index (κ3) is 4.66. The molecule has 1 unspecified atom stereocenters. The summed E-state index contributed by atoms with van der Waals surface area (Å²) in [6, 6.07) is 6.68. The van der Waals surface area contributed by atoms with Crippen molar-refractivity contribution in [1.82, 2.24) is 0 Å². The van der Waals surface area contributed by atoms with Gasteiger partial charge >= 0.3 is 6.18 Å². The molecule has 0 fully saturated rings. The van der Waals surface area contributed by atoms with Crippen molar-refractivity contribution in [3.63, 3.8) is 0 Å². The molecule has 0 spiro atoms. The topological polar surface area (TPSA) is 26.0 Å². The van der Waals surface area contributed by atoms with Crippen LogP contribution in [0, 0.1) is 0 Å². The molecular weight excluding hydrogens is 215 g/mol. The van der Waals surface area contributed by atoms with Crippen molar-refractivity contribution >= 4 is 0 Å². The number of halogens is 3. The van der Waals surface area contributed by atoms with E-state index in [2.05, 4.69) is 0 Å². The Labute approximate surface area is 93.5 Å². The summed E-state index contributed by atoms with van der Waals surface area (Å²) in [7, 11) is 0. The molecule has 0 aliphatic heterocycles. The van der Waals surface area contributed by atoms with Gasteiger partial charge < -0.3 is 5.73 Å². The molecule has 0 amide bonds. The monoisotopic (exact) mass is 231 g/mol. The van der Waals surface area contributed by atoms with Gasteiger partial charge in [-0.1, -0.05) is 31.2 Å². The number of benzene rings is 1. The van der Waals surface area contributed by atoms with Crippen LogP contribution in [0.3, 0.4) is 0 Å². The highest BCUT2D eigenvalue weighted by atomic mass is 19.4. The van der Waals surface area contributed by atoms with Crippen LogP contribution in [0.15, 0.2) is 24.3 Å². The Morgan fingerprint density at radius 3 is 2.06 bits per heavy atom. The van der Waals surface area contributed by atoms with E-state index >= 15 is 0 Å². The van der Waals surface area contributed by atoms with Gasteiger partial charge in [0.2, 0.25) is 0 Å². The van der Waals surface area contributed by atoms with Crippen molar-refractivity contribution in [1.29, 1.82) is 0 Å². The predicted octanol–water partition coefficient (Wildman–Crippen LogP) is 3.07. The molecule has 1 aromatic carbocycles. The Bertz CT molecular complexity index is 316. The largest absolute Gasteiger partial charge is 0.390 e. The molecule has 1 nitrogen and oxygen atoms in total. The third-order valence-corrected chi connectivity index (χ3v) is 2.42. The smallest absolute Gasteiger partial charge is 0.327 e. The van der Waals surface area contributed by atoms with Gasteiger partial charge in [-0.2, -0.15) is 13.2 Å². The second-order valence-electron chi connectivity index (χ2n) is 3.95. The first-order valence-corrected chi connectivity index (χ1v) is 5.31. The van der Waals surface area contributed by atoms with Gasteiger partial charge in [-0.05, 0) is 24.0 Å². The molecule has 4 heteroatoms. The van der Waals surface area contributed by atoms with Crippen LogP contribution in [0.25, 0.3) is 0 Å². The van der Waals surface area contributed by atoms with Crippen LogP contribution in [0.5, 0.6) is 0 Å². The van der Waals surface area contributed by atoms with Crippen molar-refractivity contribution in [3.05, 3.63) is 35.4 Å². The van der Waals surface area contributed by atoms with E-state index < -0.39 is 18.6 Å². The lowest BCUT2D eigenvalue weighted by atomic mass is 10.0. The Kier molecular flexibility index (Phi) is 4.35. The molecule has 0 aliphatic rings. The predicted molar refractivity (Wildman–Crippen MR) is 58.2 cm³/mol. The maximum atomic E-state index is 12.0. The van der Waals surface area contributed by atoms with Crippen LogP contribution in [0.1, 0.15) is 24.5 Å². The zero-order valence-electron chi connectivity index (χ0n) is 9.22. The summed E-state index contributed by atoms with van der Waals surface area (Å²) in [4.78, 5) is 0. The Morgan fingerprint density at radius 1 is 1.12 bits per heavy atom. The third-order valence-electron chi connectivity index (χ3n) is 2.42. The maximum absolute atomic E-state index is 12.0. The highest BCUT2D eigenvalue weighted by Gasteiger charge is 2.30. The van der Waals surface area contributed by atoms with E-state index in [0.29, 0.717) is 0 Å². The fourth-order valence-electron chi connectivity index (χ4n) is 1.58. The van der Waals surface area contributed by atoms with Crippen LogP contribution < -0.4 is 5.73 Å². The minimum atomic E-state index is -4.18. The summed E-state index contributed by atoms with van der Waals surface area (Å²) in [5.41, 5.74) is 7.47. The number of rotatable bonds is 4. The lowest BCUT2D eigenvalue weighted by Gasteiger charge is -2.14. The van der Waals surface area contributed by atoms with E-state index in [-0.39, 0.29) is 6.42 Å². The van der Waals surface area contributed by atoms with E-state index in [9.17, 15) is 13.2 Å². The van der Waals surface area contributed by atoms with Gasteiger partial charge in [-0.15, -0.1) is 0 Å². The molecule has 1 atom stereocenters. The summed E-state index contributed by atoms with van der Waals surface area (Å²) in [6.45, 7) is 2.03. The van der Waals surface area contributed by atoms with Crippen LogP contribution >= 0.6 is 0 Å². The number of hydrogen-bond donors (Lipinski definition) is 1. The van der Waals surface area contributed by atoms with Gasteiger partial charge in [0.05, 0.1) is 6.42 Å². The van der Waals surface area contributed by atoms with Gasteiger partial charge in [0.25, 0.3) is 0 Å². The van der Waals surface area contributed by atoms with Gasteiger partial charge in [-0.25, -0.2) is 0 Å². The summed E-state index contributed by atoms with van der Waals surface area (Å²) in [5.74, 6) is 0. The molecule has 0 saturated heterocycles. The molecule has 0 heterocycles. The molecule has 0 aromatic heterocycles. The maximum Gasteiger partial charge on any atom is 0.390 e. The molecular formula is C12H16F3N. The Morgan fingerprint density at radius 2 is 1.62 bits per heavy atom. The molecule has 0 aliphatic carbocycles. The van der Waals surface area contributed by atoms with E-state index in [1.165, 1.54) is 5.56 Å². The van der Waals surface area contributed by atoms with Crippen LogP contribution in [0.2, 0.25) is 0 Å². The molecule has 1 rings (SSSR count).